The Kier molecular flexibility index (Phi) is 6.40. The summed E-state index contributed by atoms with van der Waals surface area (Å²) in [5, 5.41) is 5.95. The molecule has 1 amide bonds. The molecule has 0 bridgehead atoms. The molecule has 0 spiro atoms. The molecule has 0 fully saturated rings. The molecule has 3 aromatic rings. The summed E-state index contributed by atoms with van der Waals surface area (Å²) >= 11 is 5.24. The van der Waals surface area contributed by atoms with Crippen molar-refractivity contribution in [2.45, 2.75) is 19.8 Å². The number of benzene rings is 3. The van der Waals surface area contributed by atoms with Crippen LogP contribution in [0, 0.1) is 0 Å². The van der Waals surface area contributed by atoms with Gasteiger partial charge in [-0.2, -0.15) is 0 Å². The van der Waals surface area contributed by atoms with Gasteiger partial charge in [0.2, 0.25) is 0 Å². The van der Waals surface area contributed by atoms with E-state index in [2.05, 4.69) is 24.5 Å². The van der Waals surface area contributed by atoms with Gasteiger partial charge in [0.25, 0.3) is 5.91 Å². The third kappa shape index (κ3) is 5.41. The van der Waals surface area contributed by atoms with Crippen molar-refractivity contribution in [2.24, 2.45) is 0 Å². The SMILES string of the molecule is CC(C)c1ccc(C(=O)NC(=S)Nc2ccc(Oc3ccccc3)cc2)cc1. The number of nitrogens with one attached hydrogen (secondary N) is 2. The quantitative estimate of drug-likeness (QED) is 0.546. The number of thiocarbonyl (C=S) groups is 1. The predicted molar refractivity (Wildman–Crippen MR) is 117 cm³/mol. The number of amides is 1. The van der Waals surface area contributed by atoms with E-state index in [1.807, 2.05) is 78.9 Å². The van der Waals surface area contributed by atoms with E-state index in [1.54, 1.807) is 0 Å². The second-order valence-electron chi connectivity index (χ2n) is 6.62. The van der Waals surface area contributed by atoms with E-state index in [1.165, 1.54) is 5.56 Å². The number of ether oxygens (including phenoxy) is 1. The van der Waals surface area contributed by atoms with Gasteiger partial charge in [0.1, 0.15) is 11.5 Å². The number of hydrogen-bond acceptors (Lipinski definition) is 3. The Morgan fingerprint density at radius 2 is 1.46 bits per heavy atom. The van der Waals surface area contributed by atoms with Gasteiger partial charge >= 0.3 is 0 Å². The summed E-state index contributed by atoms with van der Waals surface area (Å²) in [6.45, 7) is 4.23. The Labute approximate surface area is 170 Å². The van der Waals surface area contributed by atoms with Crippen molar-refractivity contribution in [2.75, 3.05) is 5.32 Å². The zero-order valence-electron chi connectivity index (χ0n) is 15.8. The molecule has 0 saturated carbocycles. The normalized spacial score (nSPS) is 10.4. The summed E-state index contributed by atoms with van der Waals surface area (Å²) in [5.74, 6) is 1.68. The molecule has 3 aromatic carbocycles. The Morgan fingerprint density at radius 1 is 0.857 bits per heavy atom. The summed E-state index contributed by atoms with van der Waals surface area (Å²) in [4.78, 5) is 12.3. The smallest absolute Gasteiger partial charge is 0.257 e. The largest absolute Gasteiger partial charge is 0.457 e. The van der Waals surface area contributed by atoms with Crippen molar-refractivity contribution in [1.29, 1.82) is 0 Å². The first-order valence-electron chi connectivity index (χ1n) is 9.06. The molecule has 0 radical (unpaired) electrons. The standard InChI is InChI=1S/C23H22N2O2S/c1-16(2)17-8-10-18(11-9-17)22(26)25-23(28)24-19-12-14-21(15-13-19)27-20-6-4-3-5-7-20/h3-16H,1-2H3,(H2,24,25,26,28). The van der Waals surface area contributed by atoms with Crippen LogP contribution in [0.25, 0.3) is 0 Å². The molecule has 4 nitrogen and oxygen atoms in total. The van der Waals surface area contributed by atoms with Crippen LogP contribution in [0.2, 0.25) is 0 Å². The Hall–Kier alpha value is -3.18. The van der Waals surface area contributed by atoms with Crippen LogP contribution < -0.4 is 15.4 Å². The fourth-order valence-corrected chi connectivity index (χ4v) is 2.80. The highest BCUT2D eigenvalue weighted by atomic mass is 32.1. The van der Waals surface area contributed by atoms with E-state index in [4.69, 9.17) is 17.0 Å². The Morgan fingerprint density at radius 3 is 2.07 bits per heavy atom. The van der Waals surface area contributed by atoms with Crippen LogP contribution in [0.15, 0.2) is 78.9 Å². The van der Waals surface area contributed by atoms with Crippen LogP contribution in [0.4, 0.5) is 5.69 Å². The molecule has 0 unspecified atom stereocenters. The van der Waals surface area contributed by atoms with Crippen LogP contribution in [-0.2, 0) is 0 Å². The molecule has 3 rings (SSSR count). The molecule has 0 aliphatic rings. The van der Waals surface area contributed by atoms with Gasteiger partial charge in [-0.3, -0.25) is 10.1 Å². The zero-order chi connectivity index (χ0) is 19.9. The van der Waals surface area contributed by atoms with Crippen molar-refractivity contribution in [3.63, 3.8) is 0 Å². The molecule has 0 heterocycles. The predicted octanol–water partition coefficient (Wildman–Crippen LogP) is 5.73. The van der Waals surface area contributed by atoms with Crippen LogP contribution in [0.1, 0.15) is 35.7 Å². The molecular weight excluding hydrogens is 368 g/mol. The lowest BCUT2D eigenvalue weighted by molar-refractivity contribution is 0.0977. The number of carbonyl (C=O) groups excluding carboxylic acids is 1. The van der Waals surface area contributed by atoms with E-state index in [9.17, 15) is 4.79 Å². The first-order chi connectivity index (χ1) is 13.5. The number of hydrogen-bond donors (Lipinski definition) is 2. The third-order valence-corrected chi connectivity index (χ3v) is 4.36. The molecule has 28 heavy (non-hydrogen) atoms. The fourth-order valence-electron chi connectivity index (χ4n) is 2.59. The second-order valence-corrected chi connectivity index (χ2v) is 7.03. The topological polar surface area (TPSA) is 50.4 Å². The van der Waals surface area contributed by atoms with E-state index in [-0.39, 0.29) is 11.0 Å². The van der Waals surface area contributed by atoms with Gasteiger partial charge in [0.15, 0.2) is 5.11 Å². The van der Waals surface area contributed by atoms with Crippen molar-refractivity contribution >= 4 is 28.9 Å². The molecule has 0 aliphatic heterocycles. The highest BCUT2D eigenvalue weighted by Crippen LogP contribution is 2.22. The van der Waals surface area contributed by atoms with Crippen LogP contribution in [0.3, 0.4) is 0 Å². The van der Waals surface area contributed by atoms with Crippen LogP contribution in [0.5, 0.6) is 11.5 Å². The van der Waals surface area contributed by atoms with Gasteiger partial charge in [-0.25, -0.2) is 0 Å². The number of para-hydroxylation sites is 1. The van der Waals surface area contributed by atoms with Crippen molar-refractivity contribution in [1.82, 2.24) is 5.32 Å². The summed E-state index contributed by atoms with van der Waals surface area (Å²) in [5.41, 5.74) is 2.52. The lowest BCUT2D eigenvalue weighted by Crippen LogP contribution is -2.34. The molecule has 2 N–H and O–H groups in total. The van der Waals surface area contributed by atoms with Crippen molar-refractivity contribution in [3.8, 4) is 11.5 Å². The van der Waals surface area contributed by atoms with Gasteiger partial charge in [0.05, 0.1) is 0 Å². The lowest BCUT2D eigenvalue weighted by Gasteiger charge is -2.11. The Bertz CT molecular complexity index is 937. The van der Waals surface area contributed by atoms with E-state index in [0.29, 0.717) is 11.5 Å². The van der Waals surface area contributed by atoms with Gasteiger partial charge in [0, 0.05) is 11.3 Å². The highest BCUT2D eigenvalue weighted by Gasteiger charge is 2.09. The van der Waals surface area contributed by atoms with Crippen LogP contribution >= 0.6 is 12.2 Å². The Balaban J connectivity index is 1.54. The van der Waals surface area contributed by atoms with E-state index >= 15 is 0 Å². The second kappa shape index (κ2) is 9.15. The molecule has 0 saturated heterocycles. The number of carbonyl (C=O) groups is 1. The number of rotatable bonds is 5. The maximum absolute atomic E-state index is 12.3. The minimum Gasteiger partial charge on any atom is -0.457 e. The maximum atomic E-state index is 12.3. The summed E-state index contributed by atoms with van der Waals surface area (Å²) in [6, 6.07) is 24.5. The average molecular weight is 391 g/mol. The first kappa shape index (κ1) is 19.6. The molecule has 0 aromatic heterocycles. The fraction of sp³-hybridized carbons (Fsp3) is 0.130. The summed E-state index contributed by atoms with van der Waals surface area (Å²) in [7, 11) is 0. The van der Waals surface area contributed by atoms with E-state index in [0.717, 1.165) is 17.2 Å². The monoisotopic (exact) mass is 390 g/mol. The summed E-state index contributed by atoms with van der Waals surface area (Å²) in [6.07, 6.45) is 0. The summed E-state index contributed by atoms with van der Waals surface area (Å²) < 4.78 is 5.76. The third-order valence-electron chi connectivity index (χ3n) is 4.16. The molecule has 0 aliphatic carbocycles. The lowest BCUT2D eigenvalue weighted by atomic mass is 10.0. The highest BCUT2D eigenvalue weighted by molar-refractivity contribution is 7.80. The van der Waals surface area contributed by atoms with Crippen molar-refractivity contribution in [3.05, 3.63) is 90.0 Å². The maximum Gasteiger partial charge on any atom is 0.257 e. The molecular formula is C23H22N2O2S. The van der Waals surface area contributed by atoms with Crippen LogP contribution in [-0.4, -0.2) is 11.0 Å². The van der Waals surface area contributed by atoms with Gasteiger partial charge in [-0.1, -0.05) is 44.2 Å². The molecule has 0 atom stereocenters. The molecule has 5 heteroatoms. The van der Waals surface area contributed by atoms with Gasteiger partial charge < -0.3 is 10.1 Å². The average Bonchev–Trinajstić information content (AvgIpc) is 2.70. The van der Waals surface area contributed by atoms with E-state index < -0.39 is 0 Å². The zero-order valence-corrected chi connectivity index (χ0v) is 16.6. The first-order valence-corrected chi connectivity index (χ1v) is 9.47. The van der Waals surface area contributed by atoms with Crippen molar-refractivity contribution < 1.29 is 9.53 Å². The van der Waals surface area contributed by atoms with Gasteiger partial charge in [-0.15, -0.1) is 0 Å². The van der Waals surface area contributed by atoms with Gasteiger partial charge in [-0.05, 0) is 72.2 Å². The minimum atomic E-state index is -0.239. The minimum absolute atomic E-state index is 0.239. The number of anilines is 1. The molecule has 142 valence electrons.